The lowest BCUT2D eigenvalue weighted by molar-refractivity contribution is -0.126. The number of hydrogen-bond donors (Lipinski definition) is 2. The lowest BCUT2D eigenvalue weighted by Gasteiger charge is -2.24. The molecule has 27 heavy (non-hydrogen) atoms. The van der Waals surface area contributed by atoms with Gasteiger partial charge in [-0.1, -0.05) is 30.3 Å². The van der Waals surface area contributed by atoms with Crippen molar-refractivity contribution in [1.82, 2.24) is 5.32 Å². The fourth-order valence-corrected chi connectivity index (χ4v) is 4.09. The minimum Gasteiger partial charge on any atom is -0.490 e. The second kappa shape index (κ2) is 7.73. The zero-order valence-corrected chi connectivity index (χ0v) is 15.8. The smallest absolute Gasteiger partial charge is 0.223 e. The van der Waals surface area contributed by atoms with Gasteiger partial charge in [0.15, 0.2) is 0 Å². The molecule has 0 aromatic heterocycles. The Morgan fingerprint density at radius 1 is 1.07 bits per heavy atom. The third-order valence-electron chi connectivity index (χ3n) is 5.72. The summed E-state index contributed by atoms with van der Waals surface area (Å²) >= 11 is 0. The van der Waals surface area contributed by atoms with Crippen LogP contribution >= 0.6 is 0 Å². The second-order valence-electron chi connectivity index (χ2n) is 7.88. The summed E-state index contributed by atoms with van der Waals surface area (Å²) in [5.41, 5.74) is 4.74. The SMILES string of the molecule is CC1Cc2cc(-c3ccc(CNC(=O)C4CCC(O)CC4)cc3)ccc2O1. The van der Waals surface area contributed by atoms with E-state index < -0.39 is 0 Å². The predicted molar refractivity (Wildman–Crippen MR) is 105 cm³/mol. The Labute approximate surface area is 160 Å². The summed E-state index contributed by atoms with van der Waals surface area (Å²) in [5, 5.41) is 12.6. The summed E-state index contributed by atoms with van der Waals surface area (Å²) in [7, 11) is 0. The van der Waals surface area contributed by atoms with E-state index >= 15 is 0 Å². The van der Waals surface area contributed by atoms with Gasteiger partial charge in [-0.2, -0.15) is 0 Å². The summed E-state index contributed by atoms with van der Waals surface area (Å²) in [5.74, 6) is 1.16. The molecule has 1 atom stereocenters. The maximum absolute atomic E-state index is 12.3. The van der Waals surface area contributed by atoms with Crippen LogP contribution in [0.3, 0.4) is 0 Å². The van der Waals surface area contributed by atoms with Crippen LogP contribution in [0.1, 0.15) is 43.7 Å². The molecule has 2 aromatic rings. The van der Waals surface area contributed by atoms with Crippen molar-refractivity contribution in [3.63, 3.8) is 0 Å². The molecule has 0 radical (unpaired) electrons. The van der Waals surface area contributed by atoms with E-state index in [4.69, 9.17) is 4.74 Å². The molecule has 4 rings (SSSR count). The number of carbonyl (C=O) groups is 1. The van der Waals surface area contributed by atoms with Gasteiger partial charge in [-0.05, 0) is 67.0 Å². The Kier molecular flexibility index (Phi) is 5.17. The van der Waals surface area contributed by atoms with Crippen molar-refractivity contribution in [2.24, 2.45) is 5.92 Å². The van der Waals surface area contributed by atoms with Crippen LogP contribution in [0.5, 0.6) is 5.75 Å². The van der Waals surface area contributed by atoms with Crippen molar-refractivity contribution in [2.45, 2.75) is 57.8 Å². The Morgan fingerprint density at radius 2 is 1.78 bits per heavy atom. The molecule has 1 amide bonds. The lowest BCUT2D eigenvalue weighted by atomic mass is 9.87. The van der Waals surface area contributed by atoms with Crippen molar-refractivity contribution < 1.29 is 14.6 Å². The first-order valence-corrected chi connectivity index (χ1v) is 9.93. The van der Waals surface area contributed by atoms with E-state index in [9.17, 15) is 9.90 Å². The number of carbonyl (C=O) groups excluding carboxylic acids is 1. The number of fused-ring (bicyclic) bond motifs is 1. The van der Waals surface area contributed by atoms with Crippen molar-refractivity contribution in [3.8, 4) is 16.9 Å². The molecule has 1 aliphatic carbocycles. The number of nitrogens with one attached hydrogen (secondary N) is 1. The number of aliphatic hydroxyl groups excluding tert-OH is 1. The Balaban J connectivity index is 1.35. The number of amides is 1. The molecule has 1 heterocycles. The van der Waals surface area contributed by atoms with Gasteiger partial charge in [0.2, 0.25) is 5.91 Å². The van der Waals surface area contributed by atoms with Gasteiger partial charge in [-0.3, -0.25) is 4.79 Å². The highest BCUT2D eigenvalue weighted by Crippen LogP contribution is 2.33. The standard InChI is InChI=1S/C23H27NO3/c1-15-12-20-13-19(8-11-22(20)27-15)17-4-2-16(3-5-17)14-24-23(26)18-6-9-21(25)10-7-18/h2-5,8,11,13,15,18,21,25H,6-7,9-10,12,14H2,1H3,(H,24,26). The quantitative estimate of drug-likeness (QED) is 0.865. The third-order valence-corrected chi connectivity index (χ3v) is 5.72. The first kappa shape index (κ1) is 18.1. The minimum absolute atomic E-state index is 0.0451. The molecule has 2 N–H and O–H groups in total. The summed E-state index contributed by atoms with van der Waals surface area (Å²) in [6.07, 6.45) is 4.03. The largest absolute Gasteiger partial charge is 0.490 e. The Hall–Kier alpha value is -2.33. The van der Waals surface area contributed by atoms with Gasteiger partial charge in [-0.25, -0.2) is 0 Å². The zero-order chi connectivity index (χ0) is 18.8. The molecule has 1 saturated carbocycles. The number of hydrogen-bond acceptors (Lipinski definition) is 3. The van der Waals surface area contributed by atoms with Gasteiger partial charge < -0.3 is 15.2 Å². The van der Waals surface area contributed by atoms with Crippen LogP contribution in [0.15, 0.2) is 42.5 Å². The maximum Gasteiger partial charge on any atom is 0.223 e. The fourth-order valence-electron chi connectivity index (χ4n) is 4.09. The van der Waals surface area contributed by atoms with E-state index in [1.54, 1.807) is 0 Å². The van der Waals surface area contributed by atoms with Crippen LogP contribution in [-0.4, -0.2) is 23.2 Å². The van der Waals surface area contributed by atoms with E-state index in [1.807, 2.05) is 0 Å². The average Bonchev–Trinajstić information content (AvgIpc) is 3.06. The average molecular weight is 365 g/mol. The third kappa shape index (κ3) is 4.16. The fraction of sp³-hybridized carbons (Fsp3) is 0.435. The molecule has 1 aliphatic heterocycles. The van der Waals surface area contributed by atoms with Crippen LogP contribution in [-0.2, 0) is 17.8 Å². The Morgan fingerprint density at radius 3 is 2.52 bits per heavy atom. The normalized spacial score (nSPS) is 24.1. The highest BCUT2D eigenvalue weighted by atomic mass is 16.5. The predicted octanol–water partition coefficient (Wildman–Crippen LogP) is 3.84. The number of benzene rings is 2. The molecule has 2 aromatic carbocycles. The molecule has 1 fully saturated rings. The van der Waals surface area contributed by atoms with Gasteiger partial charge in [0.05, 0.1) is 6.10 Å². The number of aliphatic hydroxyl groups is 1. The first-order valence-electron chi connectivity index (χ1n) is 9.93. The number of ether oxygens (including phenoxy) is 1. The topological polar surface area (TPSA) is 58.6 Å². The summed E-state index contributed by atoms with van der Waals surface area (Å²) < 4.78 is 5.77. The van der Waals surface area contributed by atoms with Crippen molar-refractivity contribution in [1.29, 1.82) is 0 Å². The van der Waals surface area contributed by atoms with Gasteiger partial charge in [0, 0.05) is 18.9 Å². The van der Waals surface area contributed by atoms with E-state index in [2.05, 4.69) is 54.7 Å². The van der Waals surface area contributed by atoms with Gasteiger partial charge >= 0.3 is 0 Å². The van der Waals surface area contributed by atoms with Crippen LogP contribution < -0.4 is 10.1 Å². The highest BCUT2D eigenvalue weighted by Gasteiger charge is 2.24. The molecule has 4 heteroatoms. The molecule has 0 spiro atoms. The highest BCUT2D eigenvalue weighted by molar-refractivity contribution is 5.78. The zero-order valence-electron chi connectivity index (χ0n) is 15.8. The van der Waals surface area contributed by atoms with Crippen LogP contribution in [0.2, 0.25) is 0 Å². The van der Waals surface area contributed by atoms with Gasteiger partial charge in [-0.15, -0.1) is 0 Å². The maximum atomic E-state index is 12.3. The van der Waals surface area contributed by atoms with E-state index in [0.717, 1.165) is 43.4 Å². The molecule has 4 nitrogen and oxygen atoms in total. The van der Waals surface area contributed by atoms with Gasteiger partial charge in [0.25, 0.3) is 0 Å². The molecule has 2 aliphatic rings. The monoisotopic (exact) mass is 365 g/mol. The van der Waals surface area contributed by atoms with E-state index in [0.29, 0.717) is 6.54 Å². The molecule has 1 unspecified atom stereocenters. The summed E-state index contributed by atoms with van der Waals surface area (Å²) in [6.45, 7) is 2.64. The van der Waals surface area contributed by atoms with Crippen molar-refractivity contribution in [3.05, 3.63) is 53.6 Å². The lowest BCUT2D eigenvalue weighted by Crippen LogP contribution is -2.33. The molecular weight excluding hydrogens is 338 g/mol. The molecular formula is C23H27NO3. The second-order valence-corrected chi connectivity index (χ2v) is 7.88. The molecule has 142 valence electrons. The van der Waals surface area contributed by atoms with Crippen LogP contribution in [0.25, 0.3) is 11.1 Å². The molecule has 0 bridgehead atoms. The minimum atomic E-state index is -0.226. The van der Waals surface area contributed by atoms with E-state index in [-0.39, 0.29) is 24.0 Å². The Bertz CT molecular complexity index is 807. The van der Waals surface area contributed by atoms with Gasteiger partial charge in [0.1, 0.15) is 11.9 Å². The molecule has 0 saturated heterocycles. The van der Waals surface area contributed by atoms with Crippen molar-refractivity contribution >= 4 is 5.91 Å². The summed E-state index contributed by atoms with van der Waals surface area (Å²) in [4.78, 5) is 12.3. The number of rotatable bonds is 4. The van der Waals surface area contributed by atoms with E-state index in [1.165, 1.54) is 16.7 Å². The van der Waals surface area contributed by atoms with Crippen LogP contribution in [0.4, 0.5) is 0 Å². The van der Waals surface area contributed by atoms with Crippen molar-refractivity contribution in [2.75, 3.05) is 0 Å². The summed E-state index contributed by atoms with van der Waals surface area (Å²) in [6, 6.07) is 14.7. The first-order chi connectivity index (χ1) is 13.1. The van der Waals surface area contributed by atoms with Crippen LogP contribution in [0, 0.1) is 5.92 Å².